The van der Waals surface area contributed by atoms with Gasteiger partial charge in [-0.3, -0.25) is 4.90 Å². The third kappa shape index (κ3) is 2.80. The SMILES string of the molecule is C=CCCC(C)(C)[C@H]1COC(C)(C)N1C(=O)O. The molecule has 1 aliphatic heterocycles. The first-order valence-corrected chi connectivity index (χ1v) is 5.99. The number of hydrogen-bond acceptors (Lipinski definition) is 2. The summed E-state index contributed by atoms with van der Waals surface area (Å²) >= 11 is 0. The average molecular weight is 241 g/mol. The van der Waals surface area contributed by atoms with Crippen LogP contribution in [0.5, 0.6) is 0 Å². The third-order valence-electron chi connectivity index (χ3n) is 3.59. The second-order valence-corrected chi connectivity index (χ2v) is 5.74. The zero-order chi connectivity index (χ0) is 13.3. The van der Waals surface area contributed by atoms with Crippen molar-refractivity contribution in [1.82, 2.24) is 4.90 Å². The summed E-state index contributed by atoms with van der Waals surface area (Å²) in [7, 11) is 0. The van der Waals surface area contributed by atoms with Gasteiger partial charge in [0.25, 0.3) is 0 Å². The maximum Gasteiger partial charge on any atom is 0.409 e. The van der Waals surface area contributed by atoms with Crippen LogP contribution in [0.25, 0.3) is 0 Å². The van der Waals surface area contributed by atoms with Gasteiger partial charge in [-0.2, -0.15) is 0 Å². The Balaban J connectivity index is 2.90. The maximum absolute atomic E-state index is 11.4. The first-order chi connectivity index (χ1) is 7.72. The Morgan fingerprint density at radius 1 is 1.65 bits per heavy atom. The molecule has 4 nitrogen and oxygen atoms in total. The largest absolute Gasteiger partial charge is 0.465 e. The zero-order valence-electron chi connectivity index (χ0n) is 11.2. The lowest BCUT2D eigenvalue weighted by molar-refractivity contribution is -0.0459. The minimum Gasteiger partial charge on any atom is -0.465 e. The second-order valence-electron chi connectivity index (χ2n) is 5.74. The Hall–Kier alpha value is -1.03. The number of hydrogen-bond donors (Lipinski definition) is 1. The van der Waals surface area contributed by atoms with Gasteiger partial charge in [0.1, 0.15) is 5.72 Å². The Morgan fingerprint density at radius 3 is 2.71 bits per heavy atom. The van der Waals surface area contributed by atoms with E-state index in [1.54, 1.807) is 13.8 Å². The van der Waals surface area contributed by atoms with Crippen LogP contribution in [0, 0.1) is 5.41 Å². The maximum atomic E-state index is 11.4. The number of ether oxygens (including phenoxy) is 1. The molecule has 1 rings (SSSR count). The molecule has 0 radical (unpaired) electrons. The lowest BCUT2D eigenvalue weighted by Crippen LogP contribution is -2.52. The molecule has 1 saturated heterocycles. The summed E-state index contributed by atoms with van der Waals surface area (Å²) in [4.78, 5) is 12.8. The second kappa shape index (κ2) is 4.69. The first-order valence-electron chi connectivity index (χ1n) is 5.99. The fourth-order valence-electron chi connectivity index (χ4n) is 2.38. The minimum absolute atomic E-state index is 0.102. The molecule has 1 fully saturated rings. The molecule has 4 heteroatoms. The lowest BCUT2D eigenvalue weighted by Gasteiger charge is -2.39. The van der Waals surface area contributed by atoms with Crippen molar-refractivity contribution in [3.8, 4) is 0 Å². The fraction of sp³-hybridized carbons (Fsp3) is 0.769. The van der Waals surface area contributed by atoms with E-state index in [1.165, 1.54) is 4.90 Å². The van der Waals surface area contributed by atoms with Crippen LogP contribution in [-0.4, -0.2) is 34.5 Å². The number of amides is 1. The highest BCUT2D eigenvalue weighted by Crippen LogP contribution is 2.39. The fourth-order valence-corrected chi connectivity index (χ4v) is 2.38. The molecule has 1 atom stereocenters. The van der Waals surface area contributed by atoms with E-state index in [-0.39, 0.29) is 11.5 Å². The van der Waals surface area contributed by atoms with Gasteiger partial charge in [0, 0.05) is 0 Å². The van der Waals surface area contributed by atoms with Crippen LogP contribution in [0.3, 0.4) is 0 Å². The molecule has 0 aromatic rings. The van der Waals surface area contributed by atoms with Gasteiger partial charge in [-0.15, -0.1) is 6.58 Å². The number of carbonyl (C=O) groups is 1. The molecule has 98 valence electrons. The highest BCUT2D eigenvalue weighted by atomic mass is 16.5. The number of rotatable bonds is 4. The van der Waals surface area contributed by atoms with Gasteiger partial charge in [0.05, 0.1) is 12.6 Å². The van der Waals surface area contributed by atoms with Crippen molar-refractivity contribution in [2.24, 2.45) is 5.41 Å². The van der Waals surface area contributed by atoms with Gasteiger partial charge in [-0.1, -0.05) is 19.9 Å². The van der Waals surface area contributed by atoms with Crippen molar-refractivity contribution in [3.05, 3.63) is 12.7 Å². The summed E-state index contributed by atoms with van der Waals surface area (Å²) < 4.78 is 5.61. The molecule has 0 saturated carbocycles. The van der Waals surface area contributed by atoms with E-state index in [0.29, 0.717) is 6.61 Å². The predicted octanol–water partition coefficient (Wildman–Crippen LogP) is 3.09. The lowest BCUT2D eigenvalue weighted by atomic mass is 9.79. The van der Waals surface area contributed by atoms with Gasteiger partial charge < -0.3 is 9.84 Å². The van der Waals surface area contributed by atoms with Crippen molar-refractivity contribution < 1.29 is 14.6 Å². The number of allylic oxidation sites excluding steroid dienone is 1. The van der Waals surface area contributed by atoms with Crippen molar-refractivity contribution in [2.75, 3.05) is 6.61 Å². The van der Waals surface area contributed by atoms with Gasteiger partial charge in [-0.05, 0) is 32.1 Å². The smallest absolute Gasteiger partial charge is 0.409 e. The van der Waals surface area contributed by atoms with Crippen molar-refractivity contribution in [2.45, 2.75) is 52.3 Å². The summed E-state index contributed by atoms with van der Waals surface area (Å²) in [5.74, 6) is 0. The van der Waals surface area contributed by atoms with Crippen LogP contribution in [-0.2, 0) is 4.74 Å². The van der Waals surface area contributed by atoms with E-state index in [1.807, 2.05) is 6.08 Å². The summed E-state index contributed by atoms with van der Waals surface area (Å²) in [5, 5.41) is 9.33. The average Bonchev–Trinajstić information content (AvgIpc) is 2.51. The molecule has 0 aliphatic carbocycles. The van der Waals surface area contributed by atoms with Gasteiger partial charge >= 0.3 is 6.09 Å². The van der Waals surface area contributed by atoms with E-state index in [2.05, 4.69) is 20.4 Å². The van der Waals surface area contributed by atoms with E-state index in [0.717, 1.165) is 12.8 Å². The molecular weight excluding hydrogens is 218 g/mol. The molecule has 0 unspecified atom stereocenters. The number of nitrogens with zero attached hydrogens (tertiary/aromatic N) is 1. The van der Waals surface area contributed by atoms with Gasteiger partial charge in [-0.25, -0.2) is 4.79 Å². The summed E-state index contributed by atoms with van der Waals surface area (Å²) in [6.07, 6.45) is 2.75. The summed E-state index contributed by atoms with van der Waals surface area (Å²) in [5.41, 5.74) is -0.845. The van der Waals surface area contributed by atoms with E-state index in [9.17, 15) is 9.90 Å². The highest BCUT2D eigenvalue weighted by molar-refractivity contribution is 5.66. The van der Waals surface area contributed by atoms with E-state index >= 15 is 0 Å². The number of carboxylic acid groups (broad SMARTS) is 1. The summed E-state index contributed by atoms with van der Waals surface area (Å²) in [6, 6.07) is -0.102. The topological polar surface area (TPSA) is 49.8 Å². The Labute approximate surface area is 103 Å². The van der Waals surface area contributed by atoms with Crippen LogP contribution in [0.1, 0.15) is 40.5 Å². The third-order valence-corrected chi connectivity index (χ3v) is 3.59. The monoisotopic (exact) mass is 241 g/mol. The molecule has 1 amide bonds. The van der Waals surface area contributed by atoms with E-state index in [4.69, 9.17) is 4.74 Å². The van der Waals surface area contributed by atoms with Crippen molar-refractivity contribution in [1.29, 1.82) is 0 Å². The molecule has 0 aromatic carbocycles. The summed E-state index contributed by atoms with van der Waals surface area (Å²) in [6.45, 7) is 11.9. The Morgan fingerprint density at radius 2 is 2.24 bits per heavy atom. The minimum atomic E-state index is -0.913. The normalized spacial score (nSPS) is 23.8. The van der Waals surface area contributed by atoms with Gasteiger partial charge in [0.15, 0.2) is 0 Å². The quantitative estimate of drug-likeness (QED) is 0.769. The van der Waals surface area contributed by atoms with Crippen LogP contribution in [0.15, 0.2) is 12.7 Å². The molecule has 1 N–H and O–H groups in total. The van der Waals surface area contributed by atoms with Crippen LogP contribution >= 0.6 is 0 Å². The molecular formula is C13H23NO3. The van der Waals surface area contributed by atoms with Crippen LogP contribution in [0.2, 0.25) is 0 Å². The highest BCUT2D eigenvalue weighted by Gasteiger charge is 2.49. The standard InChI is InChI=1S/C13H23NO3/c1-6-7-8-12(2,3)10-9-17-13(4,5)14(10)11(15)16/h6,10H,1,7-9H2,2-5H3,(H,15,16)/t10-/m1/s1. The zero-order valence-corrected chi connectivity index (χ0v) is 11.2. The molecule has 1 heterocycles. The van der Waals surface area contributed by atoms with Crippen LogP contribution < -0.4 is 0 Å². The molecule has 1 aliphatic rings. The molecule has 0 bridgehead atoms. The molecule has 0 spiro atoms. The van der Waals surface area contributed by atoms with Crippen molar-refractivity contribution in [3.63, 3.8) is 0 Å². The van der Waals surface area contributed by atoms with Crippen molar-refractivity contribution >= 4 is 6.09 Å². The van der Waals surface area contributed by atoms with Crippen LogP contribution in [0.4, 0.5) is 4.79 Å². The van der Waals surface area contributed by atoms with Gasteiger partial charge in [0.2, 0.25) is 0 Å². The molecule has 0 aromatic heterocycles. The van der Waals surface area contributed by atoms with E-state index < -0.39 is 11.8 Å². The molecule has 17 heavy (non-hydrogen) atoms. The Bertz CT molecular complexity index is 310. The predicted molar refractivity (Wildman–Crippen MR) is 66.9 cm³/mol. The Kier molecular flexibility index (Phi) is 3.87. The first kappa shape index (κ1) is 14.0.